The van der Waals surface area contributed by atoms with Crippen LogP contribution in [0.25, 0.3) is 0 Å². The molecule has 1 N–H and O–H groups in total. The summed E-state index contributed by atoms with van der Waals surface area (Å²) < 4.78 is 0.842. The van der Waals surface area contributed by atoms with Gasteiger partial charge in [0.05, 0.1) is 13.1 Å². The van der Waals surface area contributed by atoms with Gasteiger partial charge < -0.3 is 9.80 Å². The van der Waals surface area contributed by atoms with Gasteiger partial charge in [-0.05, 0) is 56.4 Å². The molecule has 1 amide bonds. The Balaban J connectivity index is 0.00000300. The number of likely N-dealkylation sites (tertiary alicyclic amines) is 1. The van der Waals surface area contributed by atoms with E-state index in [2.05, 4.69) is 50.4 Å². The summed E-state index contributed by atoms with van der Waals surface area (Å²) in [6.45, 7) is 9.26. The third kappa shape index (κ3) is 5.91. The molecule has 1 unspecified atom stereocenters. The van der Waals surface area contributed by atoms with Crippen LogP contribution in [0.4, 0.5) is 5.69 Å². The van der Waals surface area contributed by atoms with Crippen molar-refractivity contribution in [3.63, 3.8) is 0 Å². The first-order valence-electron chi connectivity index (χ1n) is 10.4. The summed E-state index contributed by atoms with van der Waals surface area (Å²) >= 11 is 6.08. The van der Waals surface area contributed by atoms with Crippen LogP contribution in [-0.2, 0) is 44.0 Å². The monoisotopic (exact) mass is 488 g/mol. The van der Waals surface area contributed by atoms with E-state index in [0.29, 0.717) is 0 Å². The van der Waals surface area contributed by atoms with Crippen LogP contribution >= 0.6 is 11.6 Å². The van der Waals surface area contributed by atoms with Crippen molar-refractivity contribution in [2.24, 2.45) is 0 Å². The normalized spacial score (nSPS) is 16.6. The first-order chi connectivity index (χ1) is 13.4. The molecule has 1 heterocycles. The molecule has 1 fully saturated rings. The third-order valence-electron chi connectivity index (χ3n) is 6.20. The van der Waals surface area contributed by atoms with Crippen molar-refractivity contribution in [1.29, 1.82) is 0 Å². The van der Waals surface area contributed by atoms with E-state index in [1.54, 1.807) is 0 Å². The number of carbonyl (C=O) groups is 1. The largest absolute Gasteiger partial charge is 0.320 e. The molecule has 0 spiro atoms. The maximum atomic E-state index is 13.4. The molecule has 2 aromatic carbocycles. The molecule has 3 nitrogen and oxygen atoms in total. The predicted octanol–water partition coefficient (Wildman–Crippen LogP) is 5.87. The first kappa shape index (κ1) is 24.5. The zero-order valence-corrected chi connectivity index (χ0v) is 21.5. The second-order valence-electron chi connectivity index (χ2n) is 8.19. The summed E-state index contributed by atoms with van der Waals surface area (Å²) in [6, 6.07) is 14.2. The van der Waals surface area contributed by atoms with E-state index >= 15 is 0 Å². The number of amides is 1. The van der Waals surface area contributed by atoms with Gasteiger partial charge in [-0.2, -0.15) is 0 Å². The van der Waals surface area contributed by atoms with Crippen LogP contribution in [-0.4, -0.2) is 29.5 Å². The number of aryl methyl sites for hydroxylation is 2. The second kappa shape index (κ2) is 11.0. The van der Waals surface area contributed by atoms with Crippen LogP contribution in [0.2, 0.25) is 5.02 Å². The maximum absolute atomic E-state index is 13.4. The van der Waals surface area contributed by atoms with Crippen molar-refractivity contribution >= 4 is 23.2 Å². The number of piperidine rings is 1. The minimum absolute atomic E-state index is 0. The fourth-order valence-electron chi connectivity index (χ4n) is 4.71. The summed E-state index contributed by atoms with van der Waals surface area (Å²) in [6.07, 6.45) is 4.46. The van der Waals surface area contributed by atoms with Gasteiger partial charge >= 0.3 is 0 Å². The van der Waals surface area contributed by atoms with Gasteiger partial charge in [-0.3, -0.25) is 4.79 Å². The number of quaternary nitrogens is 1. The number of halogens is 1. The first-order valence-corrected chi connectivity index (χ1v) is 10.8. The van der Waals surface area contributed by atoms with E-state index in [9.17, 15) is 4.79 Å². The zero-order chi connectivity index (χ0) is 20.1. The Morgan fingerprint density at radius 1 is 1.03 bits per heavy atom. The molecule has 1 radical (unpaired) electrons. The standard InChI is InChI=1S/C24H31ClN2O.Y/c1-4-22(24(28)26-23-18(2)9-8-10-19(23)3)27(15-6-5-7-16-27)17-20-11-13-21(25)14-12-20;/h8-14,22H,4-7,15-17H2,1-3H3;/p+1. The fraction of sp³-hybridized carbons (Fsp3) is 0.458. The van der Waals surface area contributed by atoms with E-state index in [0.717, 1.165) is 52.4 Å². The SMILES string of the molecule is CCC(C(=O)Nc1c(C)cccc1C)[N+]1(Cc2ccc(Cl)cc2)CCCCC1.[Y]. The second-order valence-corrected chi connectivity index (χ2v) is 8.63. The van der Waals surface area contributed by atoms with Gasteiger partial charge in [-0.1, -0.05) is 48.9 Å². The molecule has 153 valence electrons. The minimum atomic E-state index is -0.0463. The molecule has 3 rings (SSSR count). The number of hydrogen-bond acceptors (Lipinski definition) is 1. The maximum Gasteiger partial charge on any atom is 0.282 e. The number of benzene rings is 2. The average Bonchev–Trinajstić information content (AvgIpc) is 2.68. The van der Waals surface area contributed by atoms with Gasteiger partial charge in [0, 0.05) is 55.4 Å². The van der Waals surface area contributed by atoms with E-state index in [4.69, 9.17) is 11.6 Å². The number of nitrogens with one attached hydrogen (secondary N) is 1. The smallest absolute Gasteiger partial charge is 0.282 e. The van der Waals surface area contributed by atoms with E-state index in [1.807, 2.05) is 18.2 Å². The number of carbonyl (C=O) groups excluding carboxylic acids is 1. The average molecular weight is 489 g/mol. The molecule has 0 saturated carbocycles. The van der Waals surface area contributed by atoms with E-state index in [1.165, 1.54) is 24.8 Å². The van der Waals surface area contributed by atoms with Crippen LogP contribution in [0.15, 0.2) is 42.5 Å². The van der Waals surface area contributed by atoms with Crippen molar-refractivity contribution in [2.75, 3.05) is 18.4 Å². The molecule has 1 atom stereocenters. The molecule has 0 aromatic heterocycles. The summed E-state index contributed by atoms with van der Waals surface area (Å²) in [5, 5.41) is 4.03. The van der Waals surface area contributed by atoms with Crippen molar-refractivity contribution in [3.05, 3.63) is 64.2 Å². The Kier molecular flexibility index (Phi) is 9.34. The molecule has 29 heavy (non-hydrogen) atoms. The molecular weight excluding hydrogens is 457 g/mol. The molecule has 0 aliphatic carbocycles. The third-order valence-corrected chi connectivity index (χ3v) is 6.45. The molecular formula is C24H32ClN2OY+. The van der Waals surface area contributed by atoms with Crippen LogP contribution in [0.1, 0.15) is 49.3 Å². The Morgan fingerprint density at radius 3 is 2.17 bits per heavy atom. The Morgan fingerprint density at radius 2 is 1.62 bits per heavy atom. The van der Waals surface area contributed by atoms with Crippen molar-refractivity contribution < 1.29 is 42.0 Å². The molecule has 1 aliphatic heterocycles. The number of nitrogens with zero attached hydrogens (tertiary/aromatic N) is 1. The van der Waals surface area contributed by atoms with Crippen molar-refractivity contribution in [2.45, 2.75) is 59.0 Å². The fourth-order valence-corrected chi connectivity index (χ4v) is 4.84. The number of para-hydroxylation sites is 1. The van der Waals surface area contributed by atoms with Crippen LogP contribution in [0.5, 0.6) is 0 Å². The van der Waals surface area contributed by atoms with Gasteiger partial charge in [-0.25, -0.2) is 0 Å². The molecule has 5 heteroatoms. The van der Waals surface area contributed by atoms with Gasteiger partial charge in [0.1, 0.15) is 6.54 Å². The topological polar surface area (TPSA) is 29.1 Å². The Bertz CT molecular complexity index is 796. The predicted molar refractivity (Wildman–Crippen MR) is 118 cm³/mol. The number of hydrogen-bond donors (Lipinski definition) is 1. The molecule has 1 aliphatic rings. The van der Waals surface area contributed by atoms with E-state index < -0.39 is 0 Å². The van der Waals surface area contributed by atoms with E-state index in [-0.39, 0.29) is 44.7 Å². The van der Waals surface area contributed by atoms with Crippen LogP contribution in [0, 0.1) is 13.8 Å². The number of anilines is 1. The summed E-state index contributed by atoms with van der Waals surface area (Å²) in [7, 11) is 0. The van der Waals surface area contributed by atoms with Gasteiger partial charge in [-0.15, -0.1) is 0 Å². The number of rotatable bonds is 6. The van der Waals surface area contributed by atoms with Crippen molar-refractivity contribution in [1.82, 2.24) is 0 Å². The molecule has 0 bridgehead atoms. The Hall–Kier alpha value is -0.736. The van der Waals surface area contributed by atoms with Gasteiger partial charge in [0.15, 0.2) is 6.04 Å². The van der Waals surface area contributed by atoms with Crippen LogP contribution in [0.3, 0.4) is 0 Å². The molecule has 1 saturated heterocycles. The van der Waals surface area contributed by atoms with Gasteiger partial charge in [0.25, 0.3) is 5.91 Å². The summed E-state index contributed by atoms with van der Waals surface area (Å²) in [5.74, 6) is 0.149. The van der Waals surface area contributed by atoms with Crippen LogP contribution < -0.4 is 5.32 Å². The molecule has 2 aromatic rings. The summed E-state index contributed by atoms with van der Waals surface area (Å²) in [5.41, 5.74) is 4.45. The zero-order valence-electron chi connectivity index (χ0n) is 17.9. The minimum Gasteiger partial charge on any atom is -0.320 e. The summed E-state index contributed by atoms with van der Waals surface area (Å²) in [4.78, 5) is 13.4. The quantitative estimate of drug-likeness (QED) is 0.506. The van der Waals surface area contributed by atoms with Gasteiger partial charge in [0.2, 0.25) is 0 Å². The Labute approximate surface area is 205 Å². The van der Waals surface area contributed by atoms with Crippen molar-refractivity contribution in [3.8, 4) is 0 Å².